The number of aliphatic hydroxyl groups excluding tert-OH is 1. The third-order valence-corrected chi connectivity index (χ3v) is 1.63. The summed E-state index contributed by atoms with van der Waals surface area (Å²) in [6.45, 7) is 2.82. The average Bonchev–Trinajstić information content (AvgIpc) is 2.98. The number of rotatable bonds is 6. The number of aliphatic carboxylic acids is 1. The molecule has 0 aromatic rings. The first-order chi connectivity index (χ1) is 7.56. The van der Waals surface area contributed by atoms with E-state index < -0.39 is 11.9 Å². The SMILES string of the molecule is CC1CO1.O=C(O)CCCC(=O)OCCO. The van der Waals surface area contributed by atoms with Crippen LogP contribution in [0.5, 0.6) is 0 Å². The van der Waals surface area contributed by atoms with Gasteiger partial charge in [0.2, 0.25) is 0 Å². The van der Waals surface area contributed by atoms with E-state index in [-0.39, 0.29) is 32.5 Å². The number of carbonyl (C=O) groups is 2. The standard InChI is InChI=1S/C7H12O5.C3H6O/c8-4-5-12-7(11)3-1-2-6(9)10;1-3-2-4-3/h8H,1-5H2,(H,9,10);3H,2H2,1H3. The number of ether oxygens (including phenoxy) is 2. The molecule has 0 bridgehead atoms. The Labute approximate surface area is 94.2 Å². The lowest BCUT2D eigenvalue weighted by molar-refractivity contribution is -0.145. The molecule has 16 heavy (non-hydrogen) atoms. The first-order valence-electron chi connectivity index (χ1n) is 5.16. The largest absolute Gasteiger partial charge is 0.481 e. The fourth-order valence-electron chi connectivity index (χ4n) is 0.712. The molecule has 0 aliphatic carbocycles. The van der Waals surface area contributed by atoms with E-state index in [4.69, 9.17) is 14.9 Å². The van der Waals surface area contributed by atoms with Crippen molar-refractivity contribution in [2.24, 2.45) is 0 Å². The Morgan fingerprint density at radius 2 is 2.00 bits per heavy atom. The average molecular weight is 234 g/mol. The van der Waals surface area contributed by atoms with E-state index in [2.05, 4.69) is 11.7 Å². The van der Waals surface area contributed by atoms with Crippen molar-refractivity contribution in [2.75, 3.05) is 19.8 Å². The maximum atomic E-state index is 10.7. The van der Waals surface area contributed by atoms with Crippen molar-refractivity contribution in [1.29, 1.82) is 0 Å². The van der Waals surface area contributed by atoms with Crippen LogP contribution in [0, 0.1) is 0 Å². The summed E-state index contributed by atoms with van der Waals surface area (Å²) >= 11 is 0. The molecule has 0 aromatic heterocycles. The first kappa shape index (κ1) is 14.9. The summed E-state index contributed by atoms with van der Waals surface area (Å²) in [5.41, 5.74) is 0. The Morgan fingerprint density at radius 1 is 1.44 bits per heavy atom. The summed E-state index contributed by atoms with van der Waals surface area (Å²) < 4.78 is 9.20. The highest BCUT2D eigenvalue weighted by Gasteiger charge is 2.13. The van der Waals surface area contributed by atoms with Gasteiger partial charge in [-0.1, -0.05) is 0 Å². The van der Waals surface area contributed by atoms with Crippen LogP contribution in [0.2, 0.25) is 0 Å². The summed E-state index contributed by atoms with van der Waals surface area (Å²) in [4.78, 5) is 20.7. The molecule has 1 aliphatic heterocycles. The van der Waals surface area contributed by atoms with Gasteiger partial charge in [-0.2, -0.15) is 0 Å². The van der Waals surface area contributed by atoms with Crippen molar-refractivity contribution in [2.45, 2.75) is 32.3 Å². The van der Waals surface area contributed by atoms with Gasteiger partial charge >= 0.3 is 11.9 Å². The van der Waals surface area contributed by atoms with E-state index in [0.717, 1.165) is 6.61 Å². The zero-order valence-corrected chi connectivity index (χ0v) is 9.35. The van der Waals surface area contributed by atoms with Crippen molar-refractivity contribution in [3.05, 3.63) is 0 Å². The lowest BCUT2D eigenvalue weighted by Crippen LogP contribution is -2.08. The Bertz CT molecular complexity index is 211. The maximum Gasteiger partial charge on any atom is 0.305 e. The van der Waals surface area contributed by atoms with Gasteiger partial charge in [-0.15, -0.1) is 0 Å². The van der Waals surface area contributed by atoms with E-state index in [1.54, 1.807) is 0 Å². The van der Waals surface area contributed by atoms with Crippen molar-refractivity contribution in [3.8, 4) is 0 Å². The number of aliphatic hydroxyl groups is 1. The molecule has 2 N–H and O–H groups in total. The predicted molar refractivity (Wildman–Crippen MR) is 54.9 cm³/mol. The van der Waals surface area contributed by atoms with Gasteiger partial charge in [-0.05, 0) is 13.3 Å². The Balaban J connectivity index is 0.000000462. The van der Waals surface area contributed by atoms with Crippen LogP contribution in [0.4, 0.5) is 0 Å². The Hall–Kier alpha value is -1.14. The number of hydrogen-bond acceptors (Lipinski definition) is 5. The van der Waals surface area contributed by atoms with Gasteiger partial charge in [0, 0.05) is 12.8 Å². The molecule has 1 fully saturated rings. The second kappa shape index (κ2) is 9.11. The van der Waals surface area contributed by atoms with Gasteiger partial charge in [0.1, 0.15) is 6.61 Å². The predicted octanol–water partition coefficient (Wildman–Crippen LogP) is 0.182. The minimum atomic E-state index is -0.926. The van der Waals surface area contributed by atoms with Crippen LogP contribution in [0.25, 0.3) is 0 Å². The normalized spacial score (nSPS) is 17.0. The molecular weight excluding hydrogens is 216 g/mol. The van der Waals surface area contributed by atoms with E-state index in [9.17, 15) is 9.59 Å². The summed E-state index contributed by atoms with van der Waals surface area (Å²) in [6, 6.07) is 0. The van der Waals surface area contributed by atoms with E-state index in [1.807, 2.05) is 0 Å². The molecule has 1 heterocycles. The van der Waals surface area contributed by atoms with Crippen molar-refractivity contribution in [1.82, 2.24) is 0 Å². The smallest absolute Gasteiger partial charge is 0.305 e. The summed E-state index contributed by atoms with van der Waals surface area (Å²) in [5, 5.41) is 16.5. The molecule has 1 atom stereocenters. The number of epoxide rings is 1. The van der Waals surface area contributed by atoms with Crippen LogP contribution >= 0.6 is 0 Å². The lowest BCUT2D eigenvalue weighted by Gasteiger charge is -2.00. The molecule has 1 saturated heterocycles. The van der Waals surface area contributed by atoms with Crippen LogP contribution < -0.4 is 0 Å². The second-order valence-electron chi connectivity index (χ2n) is 3.34. The number of carboxylic acid groups (broad SMARTS) is 1. The number of esters is 1. The summed E-state index contributed by atoms with van der Waals surface area (Å²) in [5.74, 6) is -1.39. The molecule has 1 aliphatic rings. The van der Waals surface area contributed by atoms with E-state index in [1.165, 1.54) is 0 Å². The maximum absolute atomic E-state index is 10.7. The zero-order chi connectivity index (χ0) is 12.4. The topological polar surface area (TPSA) is 96.4 Å². The number of hydrogen-bond donors (Lipinski definition) is 2. The van der Waals surface area contributed by atoms with Crippen molar-refractivity contribution < 1.29 is 29.3 Å². The molecule has 1 rings (SSSR count). The molecule has 6 nitrogen and oxygen atoms in total. The van der Waals surface area contributed by atoms with Crippen molar-refractivity contribution in [3.63, 3.8) is 0 Å². The monoisotopic (exact) mass is 234 g/mol. The molecule has 0 aromatic carbocycles. The fourth-order valence-corrected chi connectivity index (χ4v) is 0.712. The summed E-state index contributed by atoms with van der Waals surface area (Å²) in [6.07, 6.45) is 0.917. The van der Waals surface area contributed by atoms with Gasteiger partial charge in [0.25, 0.3) is 0 Å². The molecule has 6 heteroatoms. The number of carboxylic acids is 1. The first-order valence-corrected chi connectivity index (χ1v) is 5.16. The van der Waals surface area contributed by atoms with Crippen LogP contribution in [0.3, 0.4) is 0 Å². The third-order valence-electron chi connectivity index (χ3n) is 1.63. The van der Waals surface area contributed by atoms with Crippen LogP contribution in [0.15, 0.2) is 0 Å². The highest BCUT2D eigenvalue weighted by Crippen LogP contribution is 2.04. The molecule has 94 valence electrons. The minimum absolute atomic E-state index is 0.0219. The molecule has 0 amide bonds. The van der Waals surface area contributed by atoms with E-state index in [0.29, 0.717) is 6.10 Å². The fraction of sp³-hybridized carbons (Fsp3) is 0.800. The van der Waals surface area contributed by atoms with Gasteiger partial charge in [0.15, 0.2) is 0 Å². The Kier molecular flexibility index (Phi) is 8.46. The summed E-state index contributed by atoms with van der Waals surface area (Å²) in [7, 11) is 0. The zero-order valence-electron chi connectivity index (χ0n) is 9.35. The van der Waals surface area contributed by atoms with Crippen molar-refractivity contribution >= 4 is 11.9 Å². The van der Waals surface area contributed by atoms with Gasteiger partial charge in [-0.25, -0.2) is 0 Å². The van der Waals surface area contributed by atoms with E-state index >= 15 is 0 Å². The third kappa shape index (κ3) is 12.9. The minimum Gasteiger partial charge on any atom is -0.481 e. The quantitative estimate of drug-likeness (QED) is 0.502. The van der Waals surface area contributed by atoms with Crippen LogP contribution in [-0.2, 0) is 19.1 Å². The van der Waals surface area contributed by atoms with Crippen LogP contribution in [-0.4, -0.2) is 48.1 Å². The molecule has 1 unspecified atom stereocenters. The molecule has 0 saturated carbocycles. The molecule has 0 radical (unpaired) electrons. The highest BCUT2D eigenvalue weighted by atomic mass is 16.6. The van der Waals surface area contributed by atoms with Gasteiger partial charge in [0.05, 0.1) is 19.3 Å². The highest BCUT2D eigenvalue weighted by molar-refractivity contribution is 5.71. The Morgan fingerprint density at radius 3 is 2.38 bits per heavy atom. The van der Waals surface area contributed by atoms with Gasteiger partial charge < -0.3 is 19.7 Å². The van der Waals surface area contributed by atoms with Crippen LogP contribution in [0.1, 0.15) is 26.2 Å². The van der Waals surface area contributed by atoms with Gasteiger partial charge in [-0.3, -0.25) is 9.59 Å². The molecular formula is C10H18O6. The molecule has 0 spiro atoms. The number of carbonyl (C=O) groups excluding carboxylic acids is 1. The lowest BCUT2D eigenvalue weighted by atomic mass is 10.2. The second-order valence-corrected chi connectivity index (χ2v) is 3.34.